The number of carboxylic acid groups (broad SMARTS) is 1. The Balaban J connectivity index is 1.49. The van der Waals surface area contributed by atoms with Crippen molar-refractivity contribution in [1.29, 1.82) is 0 Å². The number of halogens is 5. The summed E-state index contributed by atoms with van der Waals surface area (Å²) in [6.45, 7) is 0.0911. The fourth-order valence-electron chi connectivity index (χ4n) is 3.93. The third kappa shape index (κ3) is 5.69. The van der Waals surface area contributed by atoms with Crippen LogP contribution in [-0.2, 0) is 12.6 Å². The average Bonchev–Trinajstić information content (AvgIpc) is 3.45. The Hall–Kier alpha value is -3.02. The van der Waals surface area contributed by atoms with Crippen LogP contribution < -0.4 is 4.74 Å². The van der Waals surface area contributed by atoms with Gasteiger partial charge in [-0.15, -0.1) is 0 Å². The fourth-order valence-corrected chi connectivity index (χ4v) is 4.25. The Labute approximate surface area is 213 Å². The monoisotopic (exact) mass is 545 g/mol. The molecule has 36 heavy (non-hydrogen) atoms. The molecule has 1 amide bonds. The molecule has 0 saturated carbocycles. The average molecular weight is 546 g/mol. The third-order valence-corrected chi connectivity index (χ3v) is 6.44. The lowest BCUT2D eigenvalue weighted by Crippen LogP contribution is -2.32. The molecule has 0 spiro atoms. The molecular weight excluding hydrogens is 526 g/mol. The highest BCUT2D eigenvalue weighted by molar-refractivity contribution is 6.42. The lowest BCUT2D eigenvalue weighted by Gasteiger charge is -2.19. The van der Waals surface area contributed by atoms with E-state index in [1.165, 1.54) is 12.1 Å². The second-order valence-corrected chi connectivity index (χ2v) is 8.96. The van der Waals surface area contributed by atoms with E-state index < -0.39 is 30.0 Å². The third-order valence-electron chi connectivity index (χ3n) is 5.70. The van der Waals surface area contributed by atoms with Crippen LogP contribution in [-0.4, -0.2) is 50.6 Å². The first-order chi connectivity index (χ1) is 17.0. The first-order valence-electron chi connectivity index (χ1n) is 10.8. The van der Waals surface area contributed by atoms with Crippen molar-refractivity contribution in [3.63, 3.8) is 0 Å². The highest BCUT2D eigenvalue weighted by atomic mass is 35.5. The molecule has 1 saturated heterocycles. The van der Waals surface area contributed by atoms with Gasteiger partial charge in [0.15, 0.2) is 0 Å². The molecule has 2 N–H and O–H groups in total. The number of hydrogen-bond donors (Lipinski definition) is 2. The Kier molecular flexibility index (Phi) is 7.62. The van der Waals surface area contributed by atoms with Gasteiger partial charge in [0.25, 0.3) is 5.89 Å². The zero-order chi connectivity index (χ0) is 26.0. The van der Waals surface area contributed by atoms with E-state index in [9.17, 15) is 28.2 Å². The maximum Gasteiger partial charge on any atom is 0.419 e. The molecule has 13 heteroatoms. The number of ether oxygens (including phenoxy) is 1. The molecule has 0 aliphatic carbocycles. The maximum atomic E-state index is 13.8. The minimum atomic E-state index is -4.72. The summed E-state index contributed by atoms with van der Waals surface area (Å²) in [5.74, 6) is -0.730. The van der Waals surface area contributed by atoms with Crippen molar-refractivity contribution >= 4 is 29.3 Å². The van der Waals surface area contributed by atoms with E-state index in [-0.39, 0.29) is 42.6 Å². The smallest absolute Gasteiger partial charge is 0.419 e. The summed E-state index contributed by atoms with van der Waals surface area (Å²) in [6, 6.07) is 7.38. The number of aryl methyl sites for hydroxylation is 1. The molecule has 3 aromatic rings. The highest BCUT2D eigenvalue weighted by Crippen LogP contribution is 2.39. The number of carbonyl (C=O) groups is 1. The number of amides is 1. The maximum absolute atomic E-state index is 13.8. The molecule has 0 unspecified atom stereocenters. The number of nitrogens with zero attached hydrogens (tertiary/aromatic N) is 3. The van der Waals surface area contributed by atoms with Crippen molar-refractivity contribution in [3.8, 4) is 17.1 Å². The molecule has 0 radical (unpaired) electrons. The van der Waals surface area contributed by atoms with Gasteiger partial charge in [0.2, 0.25) is 5.82 Å². The summed E-state index contributed by atoms with van der Waals surface area (Å²) < 4.78 is 51.8. The zero-order valence-electron chi connectivity index (χ0n) is 18.5. The number of rotatable bonds is 7. The number of alkyl halides is 3. The van der Waals surface area contributed by atoms with Crippen molar-refractivity contribution in [1.82, 2.24) is 15.0 Å². The van der Waals surface area contributed by atoms with Crippen molar-refractivity contribution in [2.45, 2.75) is 37.6 Å². The first-order valence-corrected chi connectivity index (χ1v) is 11.6. The summed E-state index contributed by atoms with van der Waals surface area (Å²) >= 11 is 11.9. The largest absolute Gasteiger partial charge is 0.493 e. The molecule has 1 fully saturated rings. The Morgan fingerprint density at radius 2 is 1.97 bits per heavy atom. The van der Waals surface area contributed by atoms with Crippen LogP contribution in [0.1, 0.15) is 35.9 Å². The summed E-state index contributed by atoms with van der Waals surface area (Å²) in [5.41, 5.74) is -0.148. The molecule has 1 aliphatic heterocycles. The van der Waals surface area contributed by atoms with Crippen LogP contribution in [0.4, 0.5) is 18.0 Å². The van der Waals surface area contributed by atoms with Crippen LogP contribution in [0.2, 0.25) is 10.0 Å². The minimum Gasteiger partial charge on any atom is -0.493 e. The molecule has 2 heterocycles. The fraction of sp³-hybridized carbons (Fsp3) is 0.348. The highest BCUT2D eigenvalue weighted by Gasteiger charge is 2.41. The Morgan fingerprint density at radius 3 is 2.67 bits per heavy atom. The van der Waals surface area contributed by atoms with Crippen molar-refractivity contribution < 1.29 is 37.4 Å². The molecular formula is C23H20Cl2F3N3O5. The quantitative estimate of drug-likeness (QED) is 0.358. The summed E-state index contributed by atoms with van der Waals surface area (Å²) in [5, 5.41) is 23.9. The van der Waals surface area contributed by atoms with Crippen LogP contribution in [0.5, 0.6) is 5.75 Å². The van der Waals surface area contributed by atoms with Crippen LogP contribution in [0.15, 0.2) is 40.9 Å². The lowest BCUT2D eigenvalue weighted by atomic mass is 10.1. The van der Waals surface area contributed by atoms with Crippen LogP contribution in [0.3, 0.4) is 0 Å². The van der Waals surface area contributed by atoms with E-state index in [1.54, 1.807) is 18.2 Å². The van der Waals surface area contributed by atoms with Gasteiger partial charge >= 0.3 is 12.3 Å². The summed E-state index contributed by atoms with van der Waals surface area (Å²) in [7, 11) is 0. The number of aliphatic hydroxyl groups excluding tert-OH is 1. The van der Waals surface area contributed by atoms with Gasteiger partial charge in [-0.1, -0.05) is 34.4 Å². The second kappa shape index (κ2) is 10.5. The number of aliphatic hydroxyl groups is 1. The van der Waals surface area contributed by atoms with E-state index in [4.69, 9.17) is 32.5 Å². The van der Waals surface area contributed by atoms with Gasteiger partial charge in [-0.3, -0.25) is 4.90 Å². The predicted molar refractivity (Wildman–Crippen MR) is 123 cm³/mol. The van der Waals surface area contributed by atoms with Crippen LogP contribution in [0, 0.1) is 0 Å². The molecule has 192 valence electrons. The van der Waals surface area contributed by atoms with Gasteiger partial charge in [-0.25, -0.2) is 4.79 Å². The molecule has 1 aromatic heterocycles. The van der Waals surface area contributed by atoms with Crippen molar-refractivity contribution in [3.05, 3.63) is 63.5 Å². The SMILES string of the molecule is O=C(O)N1CC[C@H](O)[C@H]1c1nc(-c2ccc(OCCCc3ccc(Cl)c(Cl)c3)c(C(F)(F)F)c2)no1. The zero-order valence-corrected chi connectivity index (χ0v) is 20.0. The van der Waals surface area contributed by atoms with Crippen molar-refractivity contribution in [2.24, 2.45) is 0 Å². The number of likely N-dealkylation sites (tertiary alicyclic amines) is 1. The van der Waals surface area contributed by atoms with E-state index in [2.05, 4.69) is 10.1 Å². The van der Waals surface area contributed by atoms with Crippen LogP contribution in [0.25, 0.3) is 11.4 Å². The molecule has 1 aliphatic rings. The van der Waals surface area contributed by atoms with Gasteiger partial charge in [-0.2, -0.15) is 18.2 Å². The summed E-state index contributed by atoms with van der Waals surface area (Å²) in [4.78, 5) is 16.4. The topological polar surface area (TPSA) is 109 Å². The molecule has 2 aromatic carbocycles. The Bertz CT molecular complexity index is 1250. The molecule has 8 nitrogen and oxygen atoms in total. The molecule has 2 atom stereocenters. The van der Waals surface area contributed by atoms with Gasteiger partial charge in [-0.05, 0) is 55.2 Å². The van der Waals surface area contributed by atoms with Gasteiger partial charge in [0.1, 0.15) is 11.8 Å². The molecule has 4 rings (SSSR count). The first kappa shape index (κ1) is 26.1. The molecule has 0 bridgehead atoms. The van der Waals surface area contributed by atoms with Crippen LogP contribution >= 0.6 is 23.2 Å². The minimum absolute atomic E-state index is 0.00478. The van der Waals surface area contributed by atoms with Crippen molar-refractivity contribution in [2.75, 3.05) is 13.2 Å². The van der Waals surface area contributed by atoms with E-state index in [0.29, 0.717) is 22.9 Å². The number of aromatic nitrogens is 2. The normalized spacial score (nSPS) is 18.0. The lowest BCUT2D eigenvalue weighted by molar-refractivity contribution is -0.138. The second-order valence-electron chi connectivity index (χ2n) is 8.14. The van der Waals surface area contributed by atoms with Gasteiger partial charge in [0.05, 0.1) is 28.3 Å². The van der Waals surface area contributed by atoms with E-state index in [1.807, 2.05) is 0 Å². The number of benzene rings is 2. The van der Waals surface area contributed by atoms with Gasteiger partial charge in [0, 0.05) is 12.1 Å². The van der Waals surface area contributed by atoms with E-state index in [0.717, 1.165) is 16.5 Å². The van der Waals surface area contributed by atoms with Gasteiger partial charge < -0.3 is 19.5 Å². The number of hydrogen-bond acceptors (Lipinski definition) is 6. The summed E-state index contributed by atoms with van der Waals surface area (Å²) in [6.07, 6.45) is -5.93. The Morgan fingerprint density at radius 1 is 1.19 bits per heavy atom. The standard InChI is InChI=1S/C23H20Cl2F3N3O5/c24-15-5-3-12(10-16(15)25)2-1-9-35-18-6-4-13(11-14(18)23(26,27)28)20-29-21(36-30-20)19-17(32)7-8-31(19)22(33)34/h3-6,10-11,17,19,32H,1-2,7-9H2,(H,33,34)/t17-,19-/m0/s1. The predicted octanol–water partition coefficient (Wildman–Crippen LogP) is 5.86. The van der Waals surface area contributed by atoms with E-state index >= 15 is 0 Å².